The first-order chi connectivity index (χ1) is 8.96. The molecule has 6 nitrogen and oxygen atoms in total. The maximum absolute atomic E-state index is 12.4. The molecule has 0 atom stereocenters. The Kier molecular flexibility index (Phi) is 3.88. The zero-order valence-electron chi connectivity index (χ0n) is 10.8. The van der Waals surface area contributed by atoms with Crippen molar-refractivity contribution in [1.29, 1.82) is 0 Å². The molecule has 1 aliphatic heterocycles. The molecule has 1 fully saturated rings. The smallest absolute Gasteiger partial charge is 0.337 e. The highest BCUT2D eigenvalue weighted by atomic mass is 32.2. The summed E-state index contributed by atoms with van der Waals surface area (Å²) in [6.45, 7) is 2.38. The molecule has 7 heteroatoms. The van der Waals surface area contributed by atoms with Gasteiger partial charge in [0.1, 0.15) is 0 Å². The van der Waals surface area contributed by atoms with Crippen molar-refractivity contribution in [2.75, 3.05) is 20.3 Å². The van der Waals surface area contributed by atoms with Crippen LogP contribution in [0, 0.1) is 6.92 Å². The summed E-state index contributed by atoms with van der Waals surface area (Å²) < 4.78 is 30.3. The van der Waals surface area contributed by atoms with Gasteiger partial charge in [-0.25, -0.2) is 13.2 Å². The SMILES string of the molecule is COC(=O)c1ccc(C)c(S(=O)(=O)N2CCCO2)c1. The molecule has 0 bridgehead atoms. The minimum Gasteiger partial charge on any atom is -0.465 e. The molecule has 0 N–H and O–H groups in total. The molecule has 0 aromatic heterocycles. The van der Waals surface area contributed by atoms with Gasteiger partial charge in [0.25, 0.3) is 10.0 Å². The van der Waals surface area contributed by atoms with E-state index in [1.54, 1.807) is 13.0 Å². The molecule has 1 heterocycles. The molecule has 0 unspecified atom stereocenters. The number of methoxy groups -OCH3 is 1. The molecule has 0 radical (unpaired) electrons. The van der Waals surface area contributed by atoms with Crippen LogP contribution in [-0.2, 0) is 19.6 Å². The van der Waals surface area contributed by atoms with E-state index in [2.05, 4.69) is 4.74 Å². The third-order valence-corrected chi connectivity index (χ3v) is 4.70. The zero-order valence-corrected chi connectivity index (χ0v) is 11.6. The standard InChI is InChI=1S/C12H15NO5S/c1-9-4-5-10(12(14)17-2)8-11(9)19(15,16)13-6-3-7-18-13/h4-5,8H,3,6-7H2,1-2H3. The number of carbonyl (C=O) groups excluding carboxylic acids is 1. The van der Waals surface area contributed by atoms with Gasteiger partial charge >= 0.3 is 5.97 Å². The van der Waals surface area contributed by atoms with E-state index in [4.69, 9.17) is 4.84 Å². The Balaban J connectivity index is 2.46. The first kappa shape index (κ1) is 14.0. The van der Waals surface area contributed by atoms with E-state index in [1.165, 1.54) is 19.2 Å². The van der Waals surface area contributed by atoms with Gasteiger partial charge in [-0.2, -0.15) is 0 Å². The van der Waals surface area contributed by atoms with Crippen LogP contribution in [0.2, 0.25) is 0 Å². The summed E-state index contributed by atoms with van der Waals surface area (Å²) in [5.41, 5.74) is 0.758. The fraction of sp³-hybridized carbons (Fsp3) is 0.417. The Morgan fingerprint density at radius 2 is 2.16 bits per heavy atom. The number of benzene rings is 1. The maximum atomic E-state index is 12.4. The van der Waals surface area contributed by atoms with Gasteiger partial charge in [0, 0.05) is 6.54 Å². The van der Waals surface area contributed by atoms with E-state index in [-0.39, 0.29) is 10.5 Å². The predicted octanol–water partition coefficient (Wildman–Crippen LogP) is 1.11. The molecule has 1 aromatic rings. The van der Waals surface area contributed by atoms with Crippen LogP contribution in [0.4, 0.5) is 0 Å². The van der Waals surface area contributed by atoms with Gasteiger partial charge in [0.15, 0.2) is 0 Å². The average Bonchev–Trinajstić information content (AvgIpc) is 2.92. The lowest BCUT2D eigenvalue weighted by Crippen LogP contribution is -2.27. The second-order valence-electron chi connectivity index (χ2n) is 4.19. The average molecular weight is 285 g/mol. The molecule has 1 aliphatic rings. The van der Waals surface area contributed by atoms with Crippen molar-refractivity contribution in [1.82, 2.24) is 4.47 Å². The third-order valence-electron chi connectivity index (χ3n) is 2.88. The van der Waals surface area contributed by atoms with E-state index in [9.17, 15) is 13.2 Å². The number of nitrogens with zero attached hydrogens (tertiary/aromatic N) is 1. The number of hydrogen-bond donors (Lipinski definition) is 0. The lowest BCUT2D eigenvalue weighted by Gasteiger charge is -2.16. The molecule has 0 saturated carbocycles. The number of carbonyl (C=O) groups is 1. The monoisotopic (exact) mass is 285 g/mol. The molecular weight excluding hydrogens is 270 g/mol. The van der Waals surface area contributed by atoms with Crippen LogP contribution in [0.5, 0.6) is 0 Å². The van der Waals surface area contributed by atoms with E-state index in [0.29, 0.717) is 25.1 Å². The van der Waals surface area contributed by atoms with Crippen LogP contribution in [0.3, 0.4) is 0 Å². The summed E-state index contributed by atoms with van der Waals surface area (Å²) in [5.74, 6) is -0.571. The number of hydroxylamine groups is 1. The van der Waals surface area contributed by atoms with Gasteiger partial charge < -0.3 is 4.74 Å². The van der Waals surface area contributed by atoms with Crippen molar-refractivity contribution in [3.63, 3.8) is 0 Å². The van der Waals surface area contributed by atoms with Crippen molar-refractivity contribution in [2.24, 2.45) is 0 Å². The summed E-state index contributed by atoms with van der Waals surface area (Å²) in [4.78, 5) is 16.6. The molecule has 1 saturated heterocycles. The number of sulfonamides is 1. The Hall–Kier alpha value is -1.44. The first-order valence-electron chi connectivity index (χ1n) is 5.81. The quantitative estimate of drug-likeness (QED) is 0.778. The fourth-order valence-corrected chi connectivity index (χ4v) is 3.40. The Bertz CT molecular complexity index is 590. The molecule has 0 spiro atoms. The fourth-order valence-electron chi connectivity index (χ4n) is 1.85. The summed E-state index contributed by atoms with van der Waals surface area (Å²) in [6, 6.07) is 4.43. The number of hydrogen-bond acceptors (Lipinski definition) is 5. The van der Waals surface area contributed by atoms with Crippen molar-refractivity contribution in [3.8, 4) is 0 Å². The largest absolute Gasteiger partial charge is 0.465 e. The second kappa shape index (κ2) is 5.28. The van der Waals surface area contributed by atoms with Gasteiger partial charge in [-0.1, -0.05) is 10.5 Å². The van der Waals surface area contributed by atoms with Gasteiger partial charge in [0.2, 0.25) is 0 Å². The molecule has 2 rings (SSSR count). The van der Waals surface area contributed by atoms with Crippen LogP contribution in [0.15, 0.2) is 23.1 Å². The first-order valence-corrected chi connectivity index (χ1v) is 7.25. The van der Waals surface area contributed by atoms with Gasteiger partial charge in [-0.05, 0) is 31.0 Å². The maximum Gasteiger partial charge on any atom is 0.337 e. The lowest BCUT2D eigenvalue weighted by atomic mass is 10.1. The molecule has 1 aromatic carbocycles. The summed E-state index contributed by atoms with van der Waals surface area (Å²) >= 11 is 0. The minimum atomic E-state index is -3.73. The highest BCUT2D eigenvalue weighted by molar-refractivity contribution is 7.89. The highest BCUT2D eigenvalue weighted by Gasteiger charge is 2.30. The Labute approximate surface area is 111 Å². The van der Waals surface area contributed by atoms with Gasteiger partial charge in [0.05, 0.1) is 24.2 Å². The van der Waals surface area contributed by atoms with Crippen molar-refractivity contribution < 1.29 is 22.8 Å². The summed E-state index contributed by atoms with van der Waals surface area (Å²) in [5, 5.41) is 0. The zero-order chi connectivity index (χ0) is 14.0. The van der Waals surface area contributed by atoms with Gasteiger partial charge in [-0.15, -0.1) is 0 Å². The van der Waals surface area contributed by atoms with E-state index in [0.717, 1.165) is 4.47 Å². The number of esters is 1. The molecular formula is C12H15NO5S. The van der Waals surface area contributed by atoms with Crippen molar-refractivity contribution >= 4 is 16.0 Å². The molecule has 0 aliphatic carbocycles. The predicted molar refractivity (Wildman–Crippen MR) is 67.0 cm³/mol. The van der Waals surface area contributed by atoms with Crippen LogP contribution in [-0.4, -0.2) is 39.1 Å². The molecule has 19 heavy (non-hydrogen) atoms. The van der Waals surface area contributed by atoms with E-state index >= 15 is 0 Å². The second-order valence-corrected chi connectivity index (χ2v) is 5.99. The van der Waals surface area contributed by atoms with Crippen molar-refractivity contribution in [3.05, 3.63) is 29.3 Å². The van der Waals surface area contributed by atoms with E-state index in [1.807, 2.05) is 0 Å². The number of ether oxygens (including phenoxy) is 1. The molecule has 0 amide bonds. The van der Waals surface area contributed by atoms with Crippen LogP contribution in [0.1, 0.15) is 22.3 Å². The highest BCUT2D eigenvalue weighted by Crippen LogP contribution is 2.24. The summed E-state index contributed by atoms with van der Waals surface area (Å²) in [6.07, 6.45) is 0.662. The lowest BCUT2D eigenvalue weighted by molar-refractivity contribution is -0.0285. The third kappa shape index (κ3) is 2.63. The van der Waals surface area contributed by atoms with Crippen LogP contribution >= 0.6 is 0 Å². The number of rotatable bonds is 3. The minimum absolute atomic E-state index is 0.0669. The summed E-state index contributed by atoms with van der Waals surface area (Å²) in [7, 11) is -2.48. The van der Waals surface area contributed by atoms with Crippen molar-refractivity contribution in [2.45, 2.75) is 18.2 Å². The Morgan fingerprint density at radius 3 is 2.74 bits per heavy atom. The molecule has 104 valence electrons. The topological polar surface area (TPSA) is 72.9 Å². The van der Waals surface area contributed by atoms with E-state index < -0.39 is 16.0 Å². The normalized spacial score (nSPS) is 16.5. The van der Waals surface area contributed by atoms with Gasteiger partial charge in [-0.3, -0.25) is 4.84 Å². The number of aryl methyl sites for hydroxylation is 1. The van der Waals surface area contributed by atoms with Crippen LogP contribution in [0.25, 0.3) is 0 Å². The van der Waals surface area contributed by atoms with Crippen LogP contribution < -0.4 is 0 Å². The Morgan fingerprint density at radius 1 is 1.42 bits per heavy atom.